The average molecular weight is 121 g/mol. The van der Waals surface area contributed by atoms with Crippen molar-refractivity contribution in [3.05, 3.63) is 31.0 Å². The minimum atomic E-state index is -2.05. The van der Waals surface area contributed by atoms with Crippen LogP contribution in [0.4, 0.5) is 13.2 Å². The van der Waals surface area contributed by atoms with E-state index in [9.17, 15) is 13.2 Å². The second kappa shape index (κ2) is 3.29. The van der Waals surface area contributed by atoms with Gasteiger partial charge in [0.25, 0.3) is 6.08 Å². The van der Waals surface area contributed by atoms with Gasteiger partial charge in [-0.3, -0.25) is 0 Å². The minimum Gasteiger partial charge on any atom is -0.207 e. The maximum absolute atomic E-state index is 11.6. The largest absolute Gasteiger partial charge is 0.273 e. The quantitative estimate of drug-likeness (QED) is 0.467. The first-order valence-corrected chi connectivity index (χ1v) is 1.84. The maximum atomic E-state index is 11.6. The molecule has 3 heteroatoms. The van der Waals surface area contributed by atoms with Gasteiger partial charge in [-0.2, -0.15) is 8.78 Å². The second-order valence-electron chi connectivity index (χ2n) is 1.02. The highest BCUT2D eigenvalue weighted by Crippen LogP contribution is 2.04. The summed E-state index contributed by atoms with van der Waals surface area (Å²) in [6, 6.07) is 0. The summed E-state index contributed by atoms with van der Waals surface area (Å²) in [7, 11) is 0. The standard InChI is InChI=1S/C5H4F3/c1-2-4(6)3-5(7)8/h2-3H,1H2. The zero-order valence-electron chi connectivity index (χ0n) is 4.00. The highest BCUT2D eigenvalue weighted by molar-refractivity contribution is 5.11. The molecule has 0 saturated carbocycles. The lowest BCUT2D eigenvalue weighted by Gasteiger charge is -1.78. The zero-order chi connectivity index (χ0) is 6.57. The van der Waals surface area contributed by atoms with Crippen molar-refractivity contribution in [1.82, 2.24) is 0 Å². The van der Waals surface area contributed by atoms with Gasteiger partial charge in [0.05, 0.1) is 0 Å². The van der Waals surface area contributed by atoms with Gasteiger partial charge < -0.3 is 0 Å². The van der Waals surface area contributed by atoms with Crippen LogP contribution in [0.15, 0.2) is 24.1 Å². The first-order valence-electron chi connectivity index (χ1n) is 1.84. The summed E-state index contributed by atoms with van der Waals surface area (Å²) >= 11 is 0. The molecular formula is C5H4F3. The fourth-order valence-corrected chi connectivity index (χ4v) is 0.163. The molecule has 1 radical (unpaired) electrons. The van der Waals surface area contributed by atoms with Crippen LogP contribution in [0, 0.1) is 6.92 Å². The van der Waals surface area contributed by atoms with Crippen molar-refractivity contribution in [3.8, 4) is 0 Å². The Morgan fingerprint density at radius 1 is 1.25 bits per heavy atom. The number of hydrogen-bond acceptors (Lipinski definition) is 0. The van der Waals surface area contributed by atoms with Crippen LogP contribution in [-0.4, -0.2) is 0 Å². The Morgan fingerprint density at radius 2 is 1.75 bits per heavy atom. The highest BCUT2D eigenvalue weighted by Gasteiger charge is 1.89. The Bertz CT molecular complexity index is 120. The Hall–Kier alpha value is -0.730. The van der Waals surface area contributed by atoms with E-state index in [2.05, 4.69) is 6.92 Å². The third-order valence-electron chi connectivity index (χ3n) is 0.442. The molecule has 0 spiro atoms. The van der Waals surface area contributed by atoms with Crippen molar-refractivity contribution in [2.45, 2.75) is 0 Å². The number of halogens is 3. The van der Waals surface area contributed by atoms with Gasteiger partial charge in [0.2, 0.25) is 0 Å². The summed E-state index contributed by atoms with van der Waals surface area (Å²) in [5.41, 5.74) is 0. The van der Waals surface area contributed by atoms with Crippen LogP contribution in [0.1, 0.15) is 0 Å². The summed E-state index contributed by atoms with van der Waals surface area (Å²) < 4.78 is 33.7. The van der Waals surface area contributed by atoms with E-state index in [0.717, 1.165) is 0 Å². The van der Waals surface area contributed by atoms with E-state index in [1.165, 1.54) is 0 Å². The molecule has 0 rings (SSSR count). The van der Waals surface area contributed by atoms with E-state index in [1.54, 1.807) is 0 Å². The van der Waals surface area contributed by atoms with Crippen LogP contribution in [0.3, 0.4) is 0 Å². The molecule has 0 heterocycles. The molecule has 0 unspecified atom stereocenters. The van der Waals surface area contributed by atoms with Gasteiger partial charge >= 0.3 is 0 Å². The lowest BCUT2D eigenvalue weighted by molar-refractivity contribution is 0.417. The molecule has 0 bridgehead atoms. The molecule has 0 nitrogen and oxygen atoms in total. The molecule has 0 aromatic rings. The molecule has 0 atom stereocenters. The van der Waals surface area contributed by atoms with E-state index in [-0.39, 0.29) is 6.08 Å². The zero-order valence-corrected chi connectivity index (χ0v) is 4.00. The van der Waals surface area contributed by atoms with Crippen LogP contribution in [0.25, 0.3) is 0 Å². The summed E-state index contributed by atoms with van der Waals surface area (Å²) in [6.45, 7) is 2.92. The van der Waals surface area contributed by atoms with Gasteiger partial charge in [-0.15, -0.1) is 0 Å². The molecule has 45 valence electrons. The predicted octanol–water partition coefficient (Wildman–Crippen LogP) is 2.45. The fraction of sp³-hybridized carbons (Fsp3) is 0. The van der Waals surface area contributed by atoms with Crippen molar-refractivity contribution in [1.29, 1.82) is 0 Å². The van der Waals surface area contributed by atoms with Crippen molar-refractivity contribution >= 4 is 0 Å². The average Bonchev–Trinajstić information content (AvgIpc) is 1.65. The summed E-state index contributed by atoms with van der Waals surface area (Å²) in [6.07, 6.45) is -1.24. The monoisotopic (exact) mass is 121 g/mol. The first-order chi connectivity index (χ1) is 3.66. The van der Waals surface area contributed by atoms with Gasteiger partial charge in [0.1, 0.15) is 5.83 Å². The maximum Gasteiger partial charge on any atom is 0.273 e. The Balaban J connectivity index is 3.89. The molecular weight excluding hydrogens is 117 g/mol. The van der Waals surface area contributed by atoms with Crippen molar-refractivity contribution < 1.29 is 13.2 Å². The molecule has 0 aliphatic carbocycles. The SMILES string of the molecule is [CH2]C=C(F)C=C(F)F. The van der Waals surface area contributed by atoms with Crippen LogP contribution in [-0.2, 0) is 0 Å². The van der Waals surface area contributed by atoms with Gasteiger partial charge in [0.15, 0.2) is 0 Å². The molecule has 8 heavy (non-hydrogen) atoms. The molecule has 0 aromatic heterocycles. The number of hydrogen-bond donors (Lipinski definition) is 0. The topological polar surface area (TPSA) is 0 Å². The molecule has 0 fully saturated rings. The van der Waals surface area contributed by atoms with Crippen LogP contribution in [0.2, 0.25) is 0 Å². The van der Waals surface area contributed by atoms with Gasteiger partial charge in [-0.25, -0.2) is 4.39 Å². The number of rotatable bonds is 1. The Labute approximate surface area is 45.3 Å². The summed E-state index contributed by atoms with van der Waals surface area (Å²) in [5, 5.41) is 0. The van der Waals surface area contributed by atoms with E-state index < -0.39 is 11.9 Å². The molecule has 0 aromatic carbocycles. The van der Waals surface area contributed by atoms with Gasteiger partial charge in [-0.05, 0) is 13.0 Å². The third-order valence-corrected chi connectivity index (χ3v) is 0.442. The fourth-order valence-electron chi connectivity index (χ4n) is 0.163. The van der Waals surface area contributed by atoms with Crippen molar-refractivity contribution in [2.75, 3.05) is 0 Å². The van der Waals surface area contributed by atoms with Crippen LogP contribution < -0.4 is 0 Å². The molecule has 0 aliphatic heterocycles. The minimum absolute atomic E-state index is 0.104. The summed E-state index contributed by atoms with van der Waals surface area (Å²) in [4.78, 5) is 0. The van der Waals surface area contributed by atoms with Crippen LogP contribution in [0.5, 0.6) is 0 Å². The van der Waals surface area contributed by atoms with E-state index >= 15 is 0 Å². The van der Waals surface area contributed by atoms with Gasteiger partial charge in [0, 0.05) is 6.08 Å². The third kappa shape index (κ3) is 3.46. The van der Waals surface area contributed by atoms with E-state index in [1.807, 2.05) is 0 Å². The van der Waals surface area contributed by atoms with E-state index in [0.29, 0.717) is 6.08 Å². The lowest BCUT2D eigenvalue weighted by Crippen LogP contribution is -1.62. The summed E-state index contributed by atoms with van der Waals surface area (Å²) in [5.74, 6) is -1.02. The van der Waals surface area contributed by atoms with Crippen LogP contribution >= 0.6 is 0 Å². The predicted molar refractivity (Wildman–Crippen MR) is 24.8 cm³/mol. The van der Waals surface area contributed by atoms with Crippen molar-refractivity contribution in [2.24, 2.45) is 0 Å². The van der Waals surface area contributed by atoms with Gasteiger partial charge in [-0.1, -0.05) is 0 Å². The highest BCUT2D eigenvalue weighted by atomic mass is 19.3. The lowest BCUT2D eigenvalue weighted by atomic mass is 10.5. The molecule has 0 N–H and O–H groups in total. The molecule has 0 saturated heterocycles. The number of allylic oxidation sites excluding steroid dienone is 3. The normalized spacial score (nSPS) is 11.2. The van der Waals surface area contributed by atoms with E-state index in [4.69, 9.17) is 0 Å². The van der Waals surface area contributed by atoms with Crippen molar-refractivity contribution in [3.63, 3.8) is 0 Å². The smallest absolute Gasteiger partial charge is 0.207 e. The molecule has 0 aliphatic rings. The Morgan fingerprint density at radius 3 is 1.88 bits per heavy atom. The Kier molecular flexibility index (Phi) is 2.99. The molecule has 0 amide bonds. The second-order valence-corrected chi connectivity index (χ2v) is 1.02. The first kappa shape index (κ1) is 7.27.